The maximum absolute atomic E-state index is 5.64. The molecule has 3 heteroatoms. The Bertz CT molecular complexity index is 295. The number of nitrogen functional groups attached to an aromatic ring is 1. The first-order chi connectivity index (χ1) is 6.84. The Hall–Kier alpha value is -0.700. The Balaban J connectivity index is 1.95. The Morgan fingerprint density at radius 1 is 1.21 bits per heavy atom. The van der Waals surface area contributed by atoms with Crippen LogP contribution in [0, 0.1) is 0 Å². The van der Waals surface area contributed by atoms with Crippen LogP contribution in [-0.4, -0.2) is 10.2 Å². The molecule has 2 rings (SSSR count). The molecule has 0 aliphatic heterocycles. The van der Waals surface area contributed by atoms with Gasteiger partial charge in [-0.1, -0.05) is 25.3 Å². The highest BCUT2D eigenvalue weighted by molar-refractivity contribution is 7.99. The van der Waals surface area contributed by atoms with Gasteiger partial charge in [-0.2, -0.15) is 0 Å². The molecule has 1 aromatic rings. The van der Waals surface area contributed by atoms with Gasteiger partial charge in [-0.15, -0.1) is 11.8 Å². The van der Waals surface area contributed by atoms with Crippen LogP contribution < -0.4 is 5.73 Å². The van der Waals surface area contributed by atoms with Crippen molar-refractivity contribution in [1.82, 2.24) is 4.98 Å². The average molecular weight is 208 g/mol. The van der Waals surface area contributed by atoms with E-state index >= 15 is 0 Å². The number of hydrogen-bond donors (Lipinski definition) is 1. The maximum atomic E-state index is 5.64. The van der Waals surface area contributed by atoms with Crippen LogP contribution in [0.4, 0.5) is 5.82 Å². The summed E-state index contributed by atoms with van der Waals surface area (Å²) in [6.45, 7) is 0. The van der Waals surface area contributed by atoms with Gasteiger partial charge in [-0.25, -0.2) is 4.98 Å². The normalized spacial score (nSPS) is 18.3. The maximum Gasteiger partial charge on any atom is 0.124 e. The van der Waals surface area contributed by atoms with E-state index in [2.05, 4.69) is 11.1 Å². The van der Waals surface area contributed by atoms with Gasteiger partial charge in [-0.3, -0.25) is 0 Å². The van der Waals surface area contributed by atoms with Crippen molar-refractivity contribution in [3.05, 3.63) is 18.2 Å². The molecule has 0 aromatic carbocycles. The molecular weight excluding hydrogens is 192 g/mol. The van der Waals surface area contributed by atoms with Crippen LogP contribution in [0.3, 0.4) is 0 Å². The molecule has 2 N–H and O–H groups in total. The molecule has 0 unspecified atom stereocenters. The Morgan fingerprint density at radius 2 is 2.00 bits per heavy atom. The van der Waals surface area contributed by atoms with Crippen LogP contribution in [0.25, 0.3) is 0 Å². The molecule has 0 spiro atoms. The fraction of sp³-hybridized carbons (Fsp3) is 0.545. The Kier molecular flexibility index (Phi) is 3.30. The molecule has 0 saturated heterocycles. The summed E-state index contributed by atoms with van der Waals surface area (Å²) >= 11 is 1.89. The zero-order chi connectivity index (χ0) is 9.80. The van der Waals surface area contributed by atoms with Crippen molar-refractivity contribution in [3.8, 4) is 0 Å². The third-order valence-electron chi connectivity index (χ3n) is 2.58. The number of pyridine rings is 1. The second-order valence-corrected chi connectivity index (χ2v) is 5.10. The first-order valence-corrected chi connectivity index (χ1v) is 6.12. The van der Waals surface area contributed by atoms with Gasteiger partial charge in [0.05, 0.1) is 5.03 Å². The zero-order valence-electron chi connectivity index (χ0n) is 8.28. The van der Waals surface area contributed by atoms with E-state index in [1.165, 1.54) is 32.1 Å². The average Bonchev–Trinajstić information content (AvgIpc) is 2.19. The van der Waals surface area contributed by atoms with Crippen LogP contribution in [-0.2, 0) is 0 Å². The highest BCUT2D eigenvalue weighted by Crippen LogP contribution is 2.32. The minimum absolute atomic E-state index is 0.630. The summed E-state index contributed by atoms with van der Waals surface area (Å²) in [6.07, 6.45) is 6.82. The van der Waals surface area contributed by atoms with E-state index in [-0.39, 0.29) is 0 Å². The monoisotopic (exact) mass is 208 g/mol. The molecule has 1 saturated carbocycles. The van der Waals surface area contributed by atoms with Gasteiger partial charge in [0.25, 0.3) is 0 Å². The summed E-state index contributed by atoms with van der Waals surface area (Å²) in [5, 5.41) is 1.84. The number of rotatable bonds is 2. The largest absolute Gasteiger partial charge is 0.384 e. The molecule has 1 aromatic heterocycles. The van der Waals surface area contributed by atoms with Crippen LogP contribution in [0.15, 0.2) is 23.2 Å². The van der Waals surface area contributed by atoms with Gasteiger partial charge >= 0.3 is 0 Å². The molecule has 0 radical (unpaired) electrons. The molecule has 14 heavy (non-hydrogen) atoms. The Morgan fingerprint density at radius 3 is 2.71 bits per heavy atom. The second kappa shape index (κ2) is 4.69. The van der Waals surface area contributed by atoms with Crippen molar-refractivity contribution in [3.63, 3.8) is 0 Å². The number of aromatic nitrogens is 1. The van der Waals surface area contributed by atoms with Gasteiger partial charge in [0.15, 0.2) is 0 Å². The lowest BCUT2D eigenvalue weighted by Crippen LogP contribution is -2.08. The summed E-state index contributed by atoms with van der Waals surface area (Å²) in [7, 11) is 0. The van der Waals surface area contributed by atoms with Crippen molar-refractivity contribution in [2.75, 3.05) is 5.73 Å². The lowest BCUT2D eigenvalue weighted by molar-refractivity contribution is 0.516. The van der Waals surface area contributed by atoms with Crippen molar-refractivity contribution < 1.29 is 0 Å². The molecule has 1 aliphatic rings. The summed E-state index contributed by atoms with van der Waals surface area (Å²) in [6, 6.07) is 5.87. The number of nitrogens with two attached hydrogens (primary N) is 1. The quantitative estimate of drug-likeness (QED) is 0.811. The highest BCUT2D eigenvalue weighted by Gasteiger charge is 2.14. The lowest BCUT2D eigenvalue weighted by Gasteiger charge is -2.20. The van der Waals surface area contributed by atoms with Crippen molar-refractivity contribution in [2.45, 2.75) is 42.4 Å². The summed E-state index contributed by atoms with van der Waals surface area (Å²) in [4.78, 5) is 4.31. The van der Waals surface area contributed by atoms with E-state index < -0.39 is 0 Å². The van der Waals surface area contributed by atoms with Crippen molar-refractivity contribution in [2.24, 2.45) is 0 Å². The van der Waals surface area contributed by atoms with Gasteiger partial charge < -0.3 is 5.73 Å². The fourth-order valence-electron chi connectivity index (χ4n) is 1.85. The van der Waals surface area contributed by atoms with E-state index in [0.717, 1.165) is 10.3 Å². The predicted molar refractivity (Wildman–Crippen MR) is 61.4 cm³/mol. The Labute approximate surface area is 89.3 Å². The SMILES string of the molecule is Nc1cccc(SC2CCCCC2)n1. The molecule has 1 fully saturated rings. The minimum atomic E-state index is 0.630. The lowest BCUT2D eigenvalue weighted by atomic mass is 10.0. The van der Waals surface area contributed by atoms with Gasteiger partial charge in [-0.05, 0) is 25.0 Å². The summed E-state index contributed by atoms with van der Waals surface area (Å²) in [5.74, 6) is 0.630. The molecule has 0 atom stereocenters. The van der Waals surface area contributed by atoms with Crippen LogP contribution in [0.1, 0.15) is 32.1 Å². The first kappa shape index (κ1) is 9.84. The van der Waals surface area contributed by atoms with Crippen LogP contribution >= 0.6 is 11.8 Å². The highest BCUT2D eigenvalue weighted by atomic mass is 32.2. The van der Waals surface area contributed by atoms with Crippen LogP contribution in [0.5, 0.6) is 0 Å². The smallest absolute Gasteiger partial charge is 0.124 e. The standard InChI is InChI=1S/C11H16N2S/c12-10-7-4-8-11(13-10)14-9-5-2-1-3-6-9/h4,7-9H,1-3,5-6H2,(H2,12,13). The van der Waals surface area contributed by atoms with E-state index in [4.69, 9.17) is 5.73 Å². The van der Waals surface area contributed by atoms with E-state index in [9.17, 15) is 0 Å². The van der Waals surface area contributed by atoms with Gasteiger partial charge in [0.2, 0.25) is 0 Å². The molecule has 2 nitrogen and oxygen atoms in total. The van der Waals surface area contributed by atoms with Crippen LogP contribution in [0.2, 0.25) is 0 Å². The van der Waals surface area contributed by atoms with E-state index in [0.29, 0.717) is 5.82 Å². The number of thioether (sulfide) groups is 1. The number of nitrogens with zero attached hydrogens (tertiary/aromatic N) is 1. The number of anilines is 1. The first-order valence-electron chi connectivity index (χ1n) is 5.24. The van der Waals surface area contributed by atoms with Gasteiger partial charge in [0, 0.05) is 5.25 Å². The topological polar surface area (TPSA) is 38.9 Å². The number of hydrogen-bond acceptors (Lipinski definition) is 3. The third kappa shape index (κ3) is 2.64. The molecule has 76 valence electrons. The minimum Gasteiger partial charge on any atom is -0.384 e. The molecule has 0 amide bonds. The molecule has 0 bridgehead atoms. The summed E-state index contributed by atoms with van der Waals surface area (Å²) in [5.41, 5.74) is 5.64. The van der Waals surface area contributed by atoms with Gasteiger partial charge in [0.1, 0.15) is 5.82 Å². The molecule has 1 heterocycles. The predicted octanol–water partition coefficient (Wildman–Crippen LogP) is 3.09. The van der Waals surface area contributed by atoms with Crippen molar-refractivity contribution in [1.29, 1.82) is 0 Å². The molecule has 1 aliphatic carbocycles. The van der Waals surface area contributed by atoms with Crippen molar-refractivity contribution >= 4 is 17.6 Å². The zero-order valence-corrected chi connectivity index (χ0v) is 9.09. The fourth-order valence-corrected chi connectivity index (χ4v) is 3.08. The summed E-state index contributed by atoms with van der Waals surface area (Å²) < 4.78 is 0. The second-order valence-electron chi connectivity index (χ2n) is 3.78. The molecular formula is C11H16N2S. The van der Waals surface area contributed by atoms with E-state index in [1.807, 2.05) is 23.9 Å². The third-order valence-corrected chi connectivity index (χ3v) is 3.86. The van der Waals surface area contributed by atoms with E-state index in [1.54, 1.807) is 0 Å².